The maximum Gasteiger partial charge on any atom is 0.355 e. The van der Waals surface area contributed by atoms with E-state index in [0.717, 1.165) is 29.0 Å². The molecule has 1 aromatic carbocycles. The lowest BCUT2D eigenvalue weighted by Gasteiger charge is -2.28. The molecule has 0 spiro atoms. The number of hydrogen-bond donors (Lipinski definition) is 1. The van der Waals surface area contributed by atoms with Crippen LogP contribution in [0.3, 0.4) is 0 Å². The minimum Gasteiger partial charge on any atom is -0.476 e. The first-order chi connectivity index (χ1) is 9.63. The van der Waals surface area contributed by atoms with Crippen LogP contribution in [0.15, 0.2) is 28.1 Å². The molecule has 0 radical (unpaired) electrons. The van der Waals surface area contributed by atoms with Gasteiger partial charge in [-0.15, -0.1) is 11.3 Å². The Morgan fingerprint density at radius 3 is 3.10 bits per heavy atom. The monoisotopic (exact) mass is 352 g/mol. The molecule has 0 fully saturated rings. The van der Waals surface area contributed by atoms with Crippen molar-refractivity contribution in [1.29, 1.82) is 0 Å². The largest absolute Gasteiger partial charge is 0.476 e. The van der Waals surface area contributed by atoms with Crippen LogP contribution in [0.5, 0.6) is 0 Å². The van der Waals surface area contributed by atoms with E-state index in [-0.39, 0.29) is 5.69 Å². The molecule has 4 nitrogen and oxygen atoms in total. The lowest BCUT2D eigenvalue weighted by atomic mass is 10.00. The fourth-order valence-corrected chi connectivity index (χ4v) is 3.75. The first kappa shape index (κ1) is 13.7. The predicted octanol–water partition coefficient (Wildman–Crippen LogP) is 3.16. The van der Waals surface area contributed by atoms with Crippen LogP contribution in [-0.4, -0.2) is 27.5 Å². The second-order valence-electron chi connectivity index (χ2n) is 4.77. The summed E-state index contributed by atoms with van der Waals surface area (Å²) in [6.45, 7) is 2.56. The molecular formula is C14H13BrN2O2S. The van der Waals surface area contributed by atoms with Gasteiger partial charge in [0.2, 0.25) is 0 Å². The Morgan fingerprint density at radius 2 is 2.35 bits per heavy atom. The highest BCUT2D eigenvalue weighted by Crippen LogP contribution is 2.27. The van der Waals surface area contributed by atoms with Gasteiger partial charge in [0.15, 0.2) is 5.69 Å². The average molecular weight is 353 g/mol. The number of nitrogens with zero attached hydrogens (tertiary/aromatic N) is 2. The second-order valence-corrected chi connectivity index (χ2v) is 6.57. The van der Waals surface area contributed by atoms with E-state index in [1.807, 2.05) is 0 Å². The van der Waals surface area contributed by atoms with Gasteiger partial charge in [-0.05, 0) is 23.6 Å². The van der Waals surface area contributed by atoms with Crippen LogP contribution in [0.2, 0.25) is 0 Å². The van der Waals surface area contributed by atoms with E-state index in [9.17, 15) is 4.79 Å². The third-order valence-electron chi connectivity index (χ3n) is 3.42. The van der Waals surface area contributed by atoms with E-state index in [2.05, 4.69) is 44.0 Å². The highest BCUT2D eigenvalue weighted by Gasteiger charge is 2.19. The third-order valence-corrected chi connectivity index (χ3v) is 5.00. The van der Waals surface area contributed by atoms with Crippen molar-refractivity contribution in [3.63, 3.8) is 0 Å². The van der Waals surface area contributed by atoms with Crippen molar-refractivity contribution in [2.24, 2.45) is 0 Å². The number of rotatable bonds is 3. The van der Waals surface area contributed by atoms with Crippen LogP contribution in [0, 0.1) is 0 Å². The van der Waals surface area contributed by atoms with E-state index in [1.165, 1.54) is 22.5 Å². The molecule has 1 aliphatic rings. The number of carboxylic acids is 1. The first-order valence-corrected chi connectivity index (χ1v) is 7.97. The first-order valence-electron chi connectivity index (χ1n) is 6.30. The molecule has 0 saturated heterocycles. The molecule has 0 atom stereocenters. The Kier molecular flexibility index (Phi) is 3.87. The molecule has 1 N–H and O–H groups in total. The van der Waals surface area contributed by atoms with Crippen molar-refractivity contribution in [2.75, 3.05) is 6.54 Å². The fraction of sp³-hybridized carbons (Fsp3) is 0.286. The number of aromatic carboxylic acids is 1. The van der Waals surface area contributed by atoms with Crippen LogP contribution in [0.4, 0.5) is 0 Å². The molecule has 2 heterocycles. The molecule has 0 aliphatic carbocycles. The quantitative estimate of drug-likeness (QED) is 0.921. The molecule has 6 heteroatoms. The molecule has 0 amide bonds. The summed E-state index contributed by atoms with van der Waals surface area (Å²) in [4.78, 5) is 17.3. The molecule has 20 heavy (non-hydrogen) atoms. The van der Waals surface area contributed by atoms with Gasteiger partial charge in [0.05, 0.1) is 6.54 Å². The maximum absolute atomic E-state index is 10.8. The molecule has 1 aliphatic heterocycles. The topological polar surface area (TPSA) is 53.4 Å². The summed E-state index contributed by atoms with van der Waals surface area (Å²) < 4.78 is 1.14. The van der Waals surface area contributed by atoms with Crippen LogP contribution in [0.1, 0.15) is 26.6 Å². The van der Waals surface area contributed by atoms with Crippen LogP contribution >= 0.6 is 27.3 Å². The van der Waals surface area contributed by atoms with Crippen molar-refractivity contribution in [1.82, 2.24) is 9.88 Å². The summed E-state index contributed by atoms with van der Waals surface area (Å²) in [5, 5.41) is 11.4. The molecule has 104 valence electrons. The molecular weight excluding hydrogens is 340 g/mol. The zero-order valence-electron chi connectivity index (χ0n) is 10.7. The second kappa shape index (κ2) is 5.63. The van der Waals surface area contributed by atoms with Gasteiger partial charge in [-0.1, -0.05) is 28.1 Å². The van der Waals surface area contributed by atoms with Crippen LogP contribution < -0.4 is 0 Å². The molecule has 1 aromatic heterocycles. The van der Waals surface area contributed by atoms with Crippen molar-refractivity contribution in [2.45, 2.75) is 19.5 Å². The lowest BCUT2D eigenvalue weighted by Crippen LogP contribution is -2.30. The molecule has 0 unspecified atom stereocenters. The smallest absolute Gasteiger partial charge is 0.355 e. The van der Waals surface area contributed by atoms with E-state index in [1.54, 1.807) is 5.38 Å². The van der Waals surface area contributed by atoms with Crippen molar-refractivity contribution in [3.05, 3.63) is 49.9 Å². The van der Waals surface area contributed by atoms with Crippen molar-refractivity contribution in [3.8, 4) is 0 Å². The number of carboxylic acid groups (broad SMARTS) is 1. The Bertz CT molecular complexity index is 656. The van der Waals surface area contributed by atoms with Crippen LogP contribution in [-0.2, 0) is 19.5 Å². The van der Waals surface area contributed by atoms with Gasteiger partial charge in [-0.3, -0.25) is 4.90 Å². The maximum atomic E-state index is 10.8. The number of carbonyl (C=O) groups is 1. The highest BCUT2D eigenvalue weighted by atomic mass is 79.9. The predicted molar refractivity (Wildman–Crippen MR) is 81.0 cm³/mol. The van der Waals surface area contributed by atoms with Gasteiger partial charge in [0.25, 0.3) is 0 Å². The Morgan fingerprint density at radius 1 is 1.50 bits per heavy atom. The highest BCUT2D eigenvalue weighted by molar-refractivity contribution is 9.10. The minimum absolute atomic E-state index is 0.142. The zero-order chi connectivity index (χ0) is 14.1. The number of thiazole rings is 1. The SMILES string of the molecule is O=C(O)c1csc(CN2CCc3cccc(Br)c3C2)n1. The number of hydrogen-bond acceptors (Lipinski definition) is 4. The summed E-state index contributed by atoms with van der Waals surface area (Å²) >= 11 is 5.01. The van der Waals surface area contributed by atoms with E-state index < -0.39 is 5.97 Å². The molecule has 0 bridgehead atoms. The molecule has 3 rings (SSSR count). The molecule has 0 saturated carbocycles. The summed E-state index contributed by atoms with van der Waals surface area (Å²) in [5.41, 5.74) is 2.86. The summed E-state index contributed by atoms with van der Waals surface area (Å²) in [5.74, 6) is -0.959. The Labute approximate surface area is 129 Å². The minimum atomic E-state index is -0.959. The van der Waals surface area contributed by atoms with Gasteiger partial charge >= 0.3 is 5.97 Å². The molecule has 2 aromatic rings. The number of fused-ring (bicyclic) bond motifs is 1. The third kappa shape index (κ3) is 2.77. The van der Waals surface area contributed by atoms with E-state index in [4.69, 9.17) is 5.11 Å². The summed E-state index contributed by atoms with van der Waals surface area (Å²) in [7, 11) is 0. The normalized spacial score (nSPS) is 15.1. The average Bonchev–Trinajstić information content (AvgIpc) is 2.88. The van der Waals surface area contributed by atoms with Gasteiger partial charge in [-0.2, -0.15) is 0 Å². The van der Waals surface area contributed by atoms with Gasteiger partial charge in [0.1, 0.15) is 5.01 Å². The number of halogens is 1. The number of benzene rings is 1. The fourth-order valence-electron chi connectivity index (χ4n) is 2.40. The summed E-state index contributed by atoms with van der Waals surface area (Å²) in [6.07, 6.45) is 1.02. The van der Waals surface area contributed by atoms with E-state index in [0.29, 0.717) is 6.54 Å². The van der Waals surface area contributed by atoms with Gasteiger partial charge in [-0.25, -0.2) is 9.78 Å². The number of aromatic nitrogens is 1. The van der Waals surface area contributed by atoms with Crippen molar-refractivity contribution < 1.29 is 9.90 Å². The zero-order valence-corrected chi connectivity index (χ0v) is 13.1. The Balaban J connectivity index is 1.74. The van der Waals surface area contributed by atoms with Gasteiger partial charge in [0, 0.05) is 22.9 Å². The lowest BCUT2D eigenvalue weighted by molar-refractivity contribution is 0.0691. The van der Waals surface area contributed by atoms with Crippen LogP contribution in [0.25, 0.3) is 0 Å². The standard InChI is InChI=1S/C14H13BrN2O2S/c15-11-3-1-2-9-4-5-17(6-10(9)11)7-13-16-12(8-20-13)14(18)19/h1-3,8H,4-7H2,(H,18,19). The summed E-state index contributed by atoms with van der Waals surface area (Å²) in [6, 6.07) is 6.30. The van der Waals surface area contributed by atoms with Crippen molar-refractivity contribution >= 4 is 33.2 Å². The van der Waals surface area contributed by atoms with Gasteiger partial charge < -0.3 is 5.11 Å². The Hall–Kier alpha value is -1.24. The van der Waals surface area contributed by atoms with E-state index >= 15 is 0 Å².